The maximum atomic E-state index is 12.6. The van der Waals surface area contributed by atoms with Crippen molar-refractivity contribution in [3.8, 4) is 11.8 Å². The van der Waals surface area contributed by atoms with Crippen LogP contribution in [-0.2, 0) is 0 Å². The summed E-state index contributed by atoms with van der Waals surface area (Å²) in [6.45, 7) is 2.00. The lowest BCUT2D eigenvalue weighted by Crippen LogP contribution is -1.78. The van der Waals surface area contributed by atoms with E-state index in [9.17, 15) is 4.39 Å². The van der Waals surface area contributed by atoms with Gasteiger partial charge in [-0.3, -0.25) is 0 Å². The monoisotopic (exact) mass is 209 g/mol. The van der Waals surface area contributed by atoms with Gasteiger partial charge in [0.15, 0.2) is 0 Å². The molecule has 0 N–H and O–H groups in total. The summed E-state index contributed by atoms with van der Waals surface area (Å²) >= 11 is 0. The highest BCUT2D eigenvalue weighted by atomic mass is 19.1. The van der Waals surface area contributed by atoms with E-state index in [2.05, 4.69) is 17.9 Å². The molecule has 0 aliphatic heterocycles. The highest BCUT2D eigenvalue weighted by Gasteiger charge is 1.90. The number of aryl methyl sites for hydroxylation is 1. The molecular weight excluding hydrogens is 199 g/mol. The Morgan fingerprint density at radius 2 is 1.69 bits per heavy atom. The normalized spacial score (nSPS) is 9.38. The maximum Gasteiger partial charge on any atom is 0.123 e. The van der Waals surface area contributed by atoms with Gasteiger partial charge in [-0.15, -0.1) is 0 Å². The zero-order valence-electron chi connectivity index (χ0n) is 8.92. The molecule has 0 amide bonds. The first-order chi connectivity index (χ1) is 7.74. The van der Waals surface area contributed by atoms with Crippen LogP contribution in [0.2, 0.25) is 0 Å². The Hall–Kier alpha value is -2.07. The van der Waals surface area contributed by atoms with Crippen LogP contribution < -0.4 is 0 Å². The highest BCUT2D eigenvalue weighted by Crippen LogP contribution is 2.03. The molecule has 0 bridgehead atoms. The zero-order chi connectivity index (χ0) is 11.4. The van der Waals surface area contributed by atoms with Crippen molar-refractivity contribution in [3.05, 3.63) is 71.0 Å². The summed E-state index contributed by atoms with van der Waals surface area (Å²) in [7, 11) is 0. The molecule has 0 aliphatic carbocycles. The average molecular weight is 209 g/mol. The van der Waals surface area contributed by atoms with E-state index in [-0.39, 0.29) is 5.82 Å². The van der Waals surface area contributed by atoms with E-state index in [1.54, 1.807) is 12.1 Å². The minimum atomic E-state index is -0.241. The minimum Gasteiger partial charge on any atom is -0.207 e. The summed E-state index contributed by atoms with van der Waals surface area (Å²) in [5.74, 6) is 5.75. The van der Waals surface area contributed by atoms with Crippen LogP contribution in [0.5, 0.6) is 0 Å². The highest BCUT2D eigenvalue weighted by molar-refractivity contribution is 5.43. The van der Waals surface area contributed by atoms with Gasteiger partial charge in [0.2, 0.25) is 0 Å². The van der Waals surface area contributed by atoms with Gasteiger partial charge in [-0.05, 0) is 55.0 Å². The van der Waals surface area contributed by atoms with Crippen LogP contribution in [0.1, 0.15) is 16.7 Å². The van der Waals surface area contributed by atoms with E-state index in [0.717, 1.165) is 16.7 Å². The van der Waals surface area contributed by atoms with Crippen molar-refractivity contribution in [2.24, 2.45) is 0 Å². The largest absolute Gasteiger partial charge is 0.207 e. The van der Waals surface area contributed by atoms with Crippen molar-refractivity contribution >= 4 is 0 Å². The van der Waals surface area contributed by atoms with Crippen molar-refractivity contribution in [2.45, 2.75) is 6.92 Å². The molecule has 0 aromatic heterocycles. The van der Waals surface area contributed by atoms with Gasteiger partial charge in [0.05, 0.1) is 0 Å². The molecule has 0 heterocycles. The van der Waals surface area contributed by atoms with Gasteiger partial charge in [0.25, 0.3) is 0 Å². The van der Waals surface area contributed by atoms with E-state index in [1.807, 2.05) is 25.1 Å². The van der Waals surface area contributed by atoms with Gasteiger partial charge < -0.3 is 0 Å². The topological polar surface area (TPSA) is 0 Å². The fourth-order valence-corrected chi connectivity index (χ4v) is 1.34. The second-order valence-corrected chi connectivity index (χ2v) is 3.56. The first-order valence-corrected chi connectivity index (χ1v) is 4.99. The summed E-state index contributed by atoms with van der Waals surface area (Å²) in [6.07, 6.45) is 0. The van der Waals surface area contributed by atoms with Crippen molar-refractivity contribution in [1.82, 2.24) is 0 Å². The van der Waals surface area contributed by atoms with E-state index in [0.29, 0.717) is 0 Å². The molecule has 2 aromatic carbocycles. The van der Waals surface area contributed by atoms with Crippen LogP contribution in [0, 0.1) is 30.6 Å². The van der Waals surface area contributed by atoms with Gasteiger partial charge in [0, 0.05) is 11.1 Å². The smallest absolute Gasteiger partial charge is 0.123 e. The molecule has 0 saturated heterocycles. The summed E-state index contributed by atoms with van der Waals surface area (Å²) in [4.78, 5) is 0. The first kappa shape index (κ1) is 10.4. The van der Waals surface area contributed by atoms with Gasteiger partial charge in [-0.2, -0.15) is 0 Å². The fraction of sp³-hybridized carbons (Fsp3) is 0.0667. The Balaban J connectivity index is 2.25. The first-order valence-electron chi connectivity index (χ1n) is 4.99. The second-order valence-electron chi connectivity index (χ2n) is 3.56. The van der Waals surface area contributed by atoms with Gasteiger partial charge in [0.1, 0.15) is 5.82 Å². The zero-order valence-corrected chi connectivity index (χ0v) is 8.92. The number of hydrogen-bond acceptors (Lipinski definition) is 0. The lowest BCUT2D eigenvalue weighted by molar-refractivity contribution is 0.627. The summed E-state index contributed by atoms with van der Waals surface area (Å²) in [5.41, 5.74) is 2.86. The summed E-state index contributed by atoms with van der Waals surface area (Å²) in [6, 6.07) is 14.9. The van der Waals surface area contributed by atoms with Crippen LogP contribution in [0.3, 0.4) is 0 Å². The van der Waals surface area contributed by atoms with Crippen molar-refractivity contribution in [3.63, 3.8) is 0 Å². The molecule has 0 spiro atoms. The molecule has 1 heteroatoms. The quantitative estimate of drug-likeness (QED) is 0.584. The number of rotatable bonds is 0. The number of benzene rings is 2. The van der Waals surface area contributed by atoms with E-state index < -0.39 is 0 Å². The Labute approximate surface area is 94.7 Å². The van der Waals surface area contributed by atoms with E-state index >= 15 is 0 Å². The van der Waals surface area contributed by atoms with Crippen LogP contribution in [-0.4, -0.2) is 0 Å². The molecule has 77 valence electrons. The van der Waals surface area contributed by atoms with Crippen LogP contribution >= 0.6 is 0 Å². The predicted octanol–water partition coefficient (Wildman–Crippen LogP) is 3.33. The van der Waals surface area contributed by atoms with Crippen LogP contribution in [0.15, 0.2) is 42.5 Å². The lowest BCUT2D eigenvalue weighted by Gasteiger charge is -1.92. The van der Waals surface area contributed by atoms with Crippen molar-refractivity contribution < 1.29 is 4.39 Å². The van der Waals surface area contributed by atoms with Gasteiger partial charge in [-0.1, -0.05) is 17.9 Å². The number of hydrogen-bond donors (Lipinski definition) is 0. The molecule has 2 rings (SSSR count). The molecule has 2 aromatic rings. The molecule has 0 atom stereocenters. The molecule has 0 unspecified atom stereocenters. The SMILES string of the molecule is Cc1c[c]cc(C#Cc2ccc(F)cc2)c1. The Morgan fingerprint density at radius 1 is 1.00 bits per heavy atom. The molecular formula is C15H10F. The Bertz CT molecular complexity index is 542. The van der Waals surface area contributed by atoms with Crippen molar-refractivity contribution in [2.75, 3.05) is 0 Å². The van der Waals surface area contributed by atoms with Crippen LogP contribution in [0.25, 0.3) is 0 Å². The fourth-order valence-electron chi connectivity index (χ4n) is 1.34. The summed E-state index contributed by atoms with van der Waals surface area (Å²) < 4.78 is 12.6. The Morgan fingerprint density at radius 3 is 2.38 bits per heavy atom. The minimum absolute atomic E-state index is 0.241. The molecule has 0 nitrogen and oxygen atoms in total. The molecule has 0 aliphatic rings. The molecule has 16 heavy (non-hydrogen) atoms. The molecule has 0 fully saturated rings. The van der Waals surface area contributed by atoms with E-state index in [1.165, 1.54) is 12.1 Å². The third-order valence-corrected chi connectivity index (χ3v) is 2.13. The van der Waals surface area contributed by atoms with Gasteiger partial charge in [-0.25, -0.2) is 4.39 Å². The molecule has 0 saturated carbocycles. The third-order valence-electron chi connectivity index (χ3n) is 2.13. The van der Waals surface area contributed by atoms with Crippen LogP contribution in [0.4, 0.5) is 4.39 Å². The maximum absolute atomic E-state index is 12.6. The Kier molecular flexibility index (Phi) is 3.03. The lowest BCUT2D eigenvalue weighted by atomic mass is 10.1. The second kappa shape index (κ2) is 4.63. The molecule has 1 radical (unpaired) electrons. The van der Waals surface area contributed by atoms with Gasteiger partial charge >= 0.3 is 0 Å². The summed E-state index contributed by atoms with van der Waals surface area (Å²) in [5, 5.41) is 0. The standard InChI is InChI=1S/C15H10F/c1-12-3-2-4-14(11-12)6-5-13-7-9-15(16)10-8-13/h3-4,7-11H,1H3. The van der Waals surface area contributed by atoms with Crippen molar-refractivity contribution in [1.29, 1.82) is 0 Å². The third kappa shape index (κ3) is 2.71. The van der Waals surface area contributed by atoms with E-state index in [4.69, 9.17) is 0 Å². The average Bonchev–Trinajstić information content (AvgIpc) is 2.28. The predicted molar refractivity (Wildman–Crippen MR) is 62.4 cm³/mol. The number of halogens is 1.